The molecule has 0 saturated carbocycles. The third-order valence-electron chi connectivity index (χ3n) is 4.23. The van der Waals surface area contributed by atoms with Crippen LogP contribution >= 0.6 is 11.8 Å². The standard InChI is InChI=1S/C23H29NO3S/c1-15-6-8-17(9-7-15)13-21(25)24-19-14-18(16(2)12-22(26)27)10-11-20(19)28-23(3,4)5/h6-11,14,16H,12-13H2,1-5H3,(H,24,25)(H,26,27). The molecule has 0 saturated heterocycles. The number of hydrogen-bond acceptors (Lipinski definition) is 3. The van der Waals surface area contributed by atoms with Crippen molar-refractivity contribution in [2.45, 2.75) is 63.0 Å². The van der Waals surface area contributed by atoms with E-state index in [9.17, 15) is 9.59 Å². The first-order valence-electron chi connectivity index (χ1n) is 9.43. The third kappa shape index (κ3) is 7.04. The molecule has 1 amide bonds. The topological polar surface area (TPSA) is 66.4 Å². The van der Waals surface area contributed by atoms with E-state index in [0.717, 1.165) is 27.3 Å². The highest BCUT2D eigenvalue weighted by atomic mass is 32.2. The lowest BCUT2D eigenvalue weighted by molar-refractivity contribution is -0.137. The van der Waals surface area contributed by atoms with Crippen LogP contribution in [0.25, 0.3) is 0 Å². The van der Waals surface area contributed by atoms with E-state index in [1.807, 2.05) is 56.3 Å². The Morgan fingerprint density at radius 2 is 1.75 bits per heavy atom. The number of nitrogens with one attached hydrogen (secondary N) is 1. The van der Waals surface area contributed by atoms with Gasteiger partial charge >= 0.3 is 5.97 Å². The van der Waals surface area contributed by atoms with E-state index in [1.165, 1.54) is 0 Å². The highest BCUT2D eigenvalue weighted by Crippen LogP contribution is 2.38. The van der Waals surface area contributed by atoms with Gasteiger partial charge < -0.3 is 10.4 Å². The number of aryl methyl sites for hydroxylation is 1. The van der Waals surface area contributed by atoms with E-state index in [0.29, 0.717) is 6.42 Å². The van der Waals surface area contributed by atoms with Gasteiger partial charge in [0.25, 0.3) is 0 Å². The Morgan fingerprint density at radius 3 is 2.32 bits per heavy atom. The molecule has 28 heavy (non-hydrogen) atoms. The van der Waals surface area contributed by atoms with Crippen molar-refractivity contribution < 1.29 is 14.7 Å². The Hall–Kier alpha value is -2.27. The van der Waals surface area contributed by atoms with Gasteiger partial charge in [-0.3, -0.25) is 9.59 Å². The maximum absolute atomic E-state index is 12.6. The van der Waals surface area contributed by atoms with Crippen molar-refractivity contribution in [1.82, 2.24) is 0 Å². The van der Waals surface area contributed by atoms with Crippen molar-refractivity contribution >= 4 is 29.3 Å². The summed E-state index contributed by atoms with van der Waals surface area (Å²) in [5.74, 6) is -1.04. The lowest BCUT2D eigenvalue weighted by atomic mass is 9.97. The molecule has 0 radical (unpaired) electrons. The number of rotatable bonds is 7. The Kier molecular flexibility index (Phi) is 7.30. The van der Waals surface area contributed by atoms with Crippen LogP contribution in [0, 0.1) is 6.92 Å². The van der Waals surface area contributed by atoms with Gasteiger partial charge in [-0.15, -0.1) is 11.8 Å². The largest absolute Gasteiger partial charge is 0.481 e. The van der Waals surface area contributed by atoms with Gasteiger partial charge in [-0.05, 0) is 36.1 Å². The lowest BCUT2D eigenvalue weighted by Gasteiger charge is -2.22. The van der Waals surface area contributed by atoms with E-state index in [-0.39, 0.29) is 23.0 Å². The van der Waals surface area contributed by atoms with Gasteiger partial charge in [-0.1, -0.05) is 63.6 Å². The molecular weight excluding hydrogens is 370 g/mol. The van der Waals surface area contributed by atoms with Gasteiger partial charge in [0.15, 0.2) is 0 Å². The lowest BCUT2D eigenvalue weighted by Crippen LogP contribution is -2.16. The van der Waals surface area contributed by atoms with Crippen LogP contribution in [0.3, 0.4) is 0 Å². The van der Waals surface area contributed by atoms with Crippen LogP contribution in [0.4, 0.5) is 5.69 Å². The SMILES string of the molecule is Cc1ccc(CC(=O)Nc2cc(C(C)CC(=O)O)ccc2SC(C)(C)C)cc1. The molecule has 4 nitrogen and oxygen atoms in total. The normalized spacial score (nSPS) is 12.5. The third-order valence-corrected chi connectivity index (χ3v) is 5.42. The predicted molar refractivity (Wildman–Crippen MR) is 116 cm³/mol. The summed E-state index contributed by atoms with van der Waals surface area (Å²) in [6.45, 7) is 10.3. The summed E-state index contributed by atoms with van der Waals surface area (Å²) < 4.78 is -0.00929. The van der Waals surface area contributed by atoms with Crippen LogP contribution in [-0.4, -0.2) is 21.7 Å². The minimum absolute atomic E-state index is 0.00929. The first-order chi connectivity index (χ1) is 13.0. The summed E-state index contributed by atoms with van der Waals surface area (Å²) in [6.07, 6.45) is 0.358. The van der Waals surface area contributed by atoms with Crippen LogP contribution in [-0.2, 0) is 16.0 Å². The molecule has 0 aromatic heterocycles. The zero-order valence-corrected chi connectivity index (χ0v) is 18.0. The molecule has 2 N–H and O–H groups in total. The highest BCUT2D eigenvalue weighted by molar-refractivity contribution is 8.00. The van der Waals surface area contributed by atoms with E-state index in [2.05, 4.69) is 26.1 Å². The van der Waals surface area contributed by atoms with Gasteiger partial charge in [-0.25, -0.2) is 0 Å². The Labute approximate surface area is 171 Å². The number of carboxylic acids is 1. The van der Waals surface area contributed by atoms with Gasteiger partial charge in [-0.2, -0.15) is 0 Å². The zero-order chi connectivity index (χ0) is 20.9. The highest BCUT2D eigenvalue weighted by Gasteiger charge is 2.18. The number of benzene rings is 2. The smallest absolute Gasteiger partial charge is 0.303 e. The molecule has 0 aliphatic carbocycles. The van der Waals surface area contributed by atoms with E-state index in [4.69, 9.17) is 5.11 Å². The minimum Gasteiger partial charge on any atom is -0.481 e. The Morgan fingerprint density at radius 1 is 1.11 bits per heavy atom. The first-order valence-corrected chi connectivity index (χ1v) is 10.3. The summed E-state index contributed by atoms with van der Waals surface area (Å²) in [5.41, 5.74) is 3.77. The molecule has 0 fully saturated rings. The van der Waals surface area contributed by atoms with Crippen molar-refractivity contribution in [1.29, 1.82) is 0 Å². The molecular formula is C23H29NO3S. The van der Waals surface area contributed by atoms with Crippen molar-refractivity contribution in [2.75, 3.05) is 5.32 Å². The van der Waals surface area contributed by atoms with Gasteiger partial charge in [0.05, 0.1) is 18.5 Å². The van der Waals surface area contributed by atoms with Crippen LogP contribution in [0.15, 0.2) is 47.4 Å². The van der Waals surface area contributed by atoms with E-state index >= 15 is 0 Å². The van der Waals surface area contributed by atoms with Crippen molar-refractivity contribution in [3.05, 3.63) is 59.2 Å². The second kappa shape index (κ2) is 9.28. The molecule has 2 aromatic rings. The summed E-state index contributed by atoms with van der Waals surface area (Å²) in [6, 6.07) is 13.8. The number of carbonyl (C=O) groups is 2. The van der Waals surface area contributed by atoms with Gasteiger partial charge in [0.2, 0.25) is 5.91 Å². The number of amides is 1. The molecule has 0 bridgehead atoms. The monoisotopic (exact) mass is 399 g/mol. The second-order valence-corrected chi connectivity index (χ2v) is 10.0. The fourth-order valence-electron chi connectivity index (χ4n) is 2.84. The predicted octanol–water partition coefficient (Wildman–Crippen LogP) is 5.65. The number of anilines is 1. The number of carbonyl (C=O) groups excluding carboxylic acids is 1. The number of hydrogen-bond donors (Lipinski definition) is 2. The van der Waals surface area contributed by atoms with Gasteiger partial charge in [0.1, 0.15) is 0 Å². The van der Waals surface area contributed by atoms with Crippen LogP contribution < -0.4 is 5.32 Å². The molecule has 0 aliphatic rings. The second-order valence-electron chi connectivity index (χ2n) is 8.18. The van der Waals surface area contributed by atoms with Crippen molar-refractivity contribution in [2.24, 2.45) is 0 Å². The Bertz CT molecular complexity index is 838. The molecule has 0 heterocycles. The summed E-state index contributed by atoms with van der Waals surface area (Å²) >= 11 is 1.68. The average molecular weight is 400 g/mol. The van der Waals surface area contributed by atoms with Crippen molar-refractivity contribution in [3.8, 4) is 0 Å². The van der Waals surface area contributed by atoms with E-state index in [1.54, 1.807) is 11.8 Å². The molecule has 2 aromatic carbocycles. The van der Waals surface area contributed by atoms with Gasteiger partial charge in [0, 0.05) is 9.64 Å². The molecule has 0 aliphatic heterocycles. The molecule has 150 valence electrons. The van der Waals surface area contributed by atoms with E-state index < -0.39 is 5.97 Å². The first kappa shape index (κ1) is 22.0. The number of carboxylic acid groups (broad SMARTS) is 1. The Balaban J connectivity index is 2.25. The molecule has 5 heteroatoms. The quantitative estimate of drug-likeness (QED) is 0.591. The molecule has 1 atom stereocenters. The van der Waals surface area contributed by atoms with Crippen LogP contribution in [0.2, 0.25) is 0 Å². The van der Waals surface area contributed by atoms with Crippen LogP contribution in [0.1, 0.15) is 56.7 Å². The maximum Gasteiger partial charge on any atom is 0.303 e. The van der Waals surface area contributed by atoms with Crippen LogP contribution in [0.5, 0.6) is 0 Å². The molecule has 2 rings (SSSR count). The summed E-state index contributed by atoms with van der Waals surface area (Å²) in [4.78, 5) is 24.7. The number of thioether (sulfide) groups is 1. The maximum atomic E-state index is 12.6. The fourth-order valence-corrected chi connectivity index (χ4v) is 3.85. The number of aliphatic carboxylic acids is 1. The average Bonchev–Trinajstić information content (AvgIpc) is 2.56. The zero-order valence-electron chi connectivity index (χ0n) is 17.2. The summed E-state index contributed by atoms with van der Waals surface area (Å²) in [7, 11) is 0. The fraction of sp³-hybridized carbons (Fsp3) is 0.391. The summed E-state index contributed by atoms with van der Waals surface area (Å²) in [5, 5.41) is 12.1. The minimum atomic E-state index is -0.828. The van der Waals surface area contributed by atoms with Crippen molar-refractivity contribution in [3.63, 3.8) is 0 Å². The molecule has 1 unspecified atom stereocenters. The molecule has 0 spiro atoms.